The number of esters is 1. The van der Waals surface area contributed by atoms with Gasteiger partial charge in [-0.05, 0) is 0 Å². The van der Waals surface area contributed by atoms with Crippen molar-refractivity contribution in [1.29, 1.82) is 0 Å². The first-order chi connectivity index (χ1) is 5.97. The average Bonchev–Trinajstić information content (AvgIpc) is 2.12. The highest BCUT2D eigenvalue weighted by Gasteiger charge is 2.40. The van der Waals surface area contributed by atoms with Gasteiger partial charge < -0.3 is 14.2 Å². The zero-order valence-corrected chi connectivity index (χ0v) is 8.43. The minimum atomic E-state index is -2.61. The molecule has 0 amide bonds. The fourth-order valence-electron chi connectivity index (χ4n) is 0.705. The molecule has 78 valence electrons. The van der Waals surface area contributed by atoms with E-state index in [1.165, 1.54) is 14.2 Å². The van der Waals surface area contributed by atoms with Crippen LogP contribution in [0.4, 0.5) is 4.39 Å². The van der Waals surface area contributed by atoms with Gasteiger partial charge in [-0.1, -0.05) is 11.6 Å². The second-order valence-corrected chi connectivity index (χ2v) is 2.90. The zero-order chi connectivity index (χ0) is 10.5. The molecule has 0 rings (SSSR count). The third-order valence-electron chi connectivity index (χ3n) is 1.43. The summed E-state index contributed by atoms with van der Waals surface area (Å²) in [4.78, 5) is 10.8. The van der Waals surface area contributed by atoms with E-state index in [-0.39, 0.29) is 0 Å². The van der Waals surface area contributed by atoms with Crippen molar-refractivity contribution in [2.24, 2.45) is 0 Å². The van der Waals surface area contributed by atoms with Gasteiger partial charge in [0.15, 0.2) is 6.29 Å². The van der Waals surface area contributed by atoms with Crippen LogP contribution in [0.5, 0.6) is 0 Å². The lowest BCUT2D eigenvalue weighted by molar-refractivity contribution is -0.159. The largest absolute Gasteiger partial charge is 0.466 e. The number of carbonyl (C=O) groups excluding carboxylic acids is 1. The molecular formula is C7H12ClFO4. The normalized spacial score (nSPS) is 15.5. The number of ether oxygens (including phenoxy) is 3. The molecule has 4 nitrogen and oxygen atoms in total. The molecule has 13 heavy (non-hydrogen) atoms. The molecule has 0 spiro atoms. The zero-order valence-electron chi connectivity index (χ0n) is 7.67. The van der Waals surface area contributed by atoms with Gasteiger partial charge in [0.05, 0.1) is 13.5 Å². The topological polar surface area (TPSA) is 44.8 Å². The van der Waals surface area contributed by atoms with Crippen molar-refractivity contribution in [1.82, 2.24) is 0 Å². The summed E-state index contributed by atoms with van der Waals surface area (Å²) >= 11 is 5.24. The van der Waals surface area contributed by atoms with E-state index in [2.05, 4.69) is 14.2 Å². The van der Waals surface area contributed by atoms with E-state index in [9.17, 15) is 9.18 Å². The van der Waals surface area contributed by atoms with Crippen LogP contribution in [-0.4, -0.2) is 38.7 Å². The van der Waals surface area contributed by atoms with Gasteiger partial charge in [-0.3, -0.25) is 0 Å². The quantitative estimate of drug-likeness (QED) is 0.390. The van der Waals surface area contributed by atoms with E-state index in [1.807, 2.05) is 0 Å². The van der Waals surface area contributed by atoms with Gasteiger partial charge in [-0.25, -0.2) is 9.18 Å². The molecule has 0 unspecified atom stereocenters. The van der Waals surface area contributed by atoms with Gasteiger partial charge in [0.2, 0.25) is 0 Å². The highest BCUT2D eigenvalue weighted by atomic mass is 35.5. The van der Waals surface area contributed by atoms with Gasteiger partial charge in [-0.15, -0.1) is 0 Å². The molecule has 0 radical (unpaired) electrons. The van der Waals surface area contributed by atoms with Crippen LogP contribution in [-0.2, 0) is 19.0 Å². The van der Waals surface area contributed by atoms with Crippen LogP contribution >= 0.6 is 11.6 Å². The summed E-state index contributed by atoms with van der Waals surface area (Å²) < 4.78 is 26.7. The SMILES string of the molecule is COC(=O)[C@@](F)(Cl)CC(OC)OC. The van der Waals surface area contributed by atoms with Crippen molar-refractivity contribution in [2.75, 3.05) is 21.3 Å². The second kappa shape index (κ2) is 5.36. The fourth-order valence-corrected chi connectivity index (χ4v) is 0.908. The molecule has 6 heteroatoms. The molecule has 0 aliphatic rings. The molecule has 0 saturated carbocycles. The van der Waals surface area contributed by atoms with E-state index in [0.717, 1.165) is 7.11 Å². The van der Waals surface area contributed by atoms with Crippen molar-refractivity contribution >= 4 is 17.6 Å². The van der Waals surface area contributed by atoms with E-state index in [4.69, 9.17) is 11.6 Å². The minimum Gasteiger partial charge on any atom is -0.466 e. The highest BCUT2D eigenvalue weighted by Crippen LogP contribution is 2.26. The smallest absolute Gasteiger partial charge is 0.359 e. The van der Waals surface area contributed by atoms with Gasteiger partial charge in [0.1, 0.15) is 0 Å². The third-order valence-corrected chi connectivity index (χ3v) is 1.74. The number of halogens is 2. The standard InChI is InChI=1S/C7H12ClFO4/c1-11-5(12-2)4-7(8,9)6(10)13-3/h5H,4H2,1-3H3/t7-/m1/s1. The van der Waals surface area contributed by atoms with E-state index >= 15 is 0 Å². The van der Waals surface area contributed by atoms with Crippen LogP contribution in [0.25, 0.3) is 0 Å². The van der Waals surface area contributed by atoms with Gasteiger partial charge >= 0.3 is 5.97 Å². The Morgan fingerprint density at radius 1 is 1.46 bits per heavy atom. The number of hydrogen-bond donors (Lipinski definition) is 0. The van der Waals surface area contributed by atoms with E-state index in [1.54, 1.807) is 0 Å². The summed E-state index contributed by atoms with van der Waals surface area (Å²) in [5, 5.41) is -2.61. The second-order valence-electron chi connectivity index (χ2n) is 2.30. The lowest BCUT2D eigenvalue weighted by atomic mass is 10.2. The maximum Gasteiger partial charge on any atom is 0.359 e. The molecule has 0 fully saturated rings. The molecule has 0 bridgehead atoms. The molecule has 0 aromatic heterocycles. The Morgan fingerprint density at radius 3 is 2.23 bits per heavy atom. The first-order valence-electron chi connectivity index (χ1n) is 3.49. The molecule has 0 aliphatic heterocycles. The lowest BCUT2D eigenvalue weighted by Crippen LogP contribution is -2.34. The average molecular weight is 215 g/mol. The van der Waals surface area contributed by atoms with E-state index < -0.39 is 23.8 Å². The van der Waals surface area contributed by atoms with Crippen molar-refractivity contribution in [3.05, 3.63) is 0 Å². The Balaban J connectivity index is 4.21. The van der Waals surface area contributed by atoms with Crippen LogP contribution in [0.15, 0.2) is 0 Å². The predicted molar refractivity (Wildman–Crippen MR) is 44.1 cm³/mol. The molecular weight excluding hydrogens is 203 g/mol. The Morgan fingerprint density at radius 2 is 1.92 bits per heavy atom. The van der Waals surface area contributed by atoms with E-state index in [0.29, 0.717) is 0 Å². The molecule has 0 aromatic carbocycles. The molecule has 0 heterocycles. The number of alkyl halides is 2. The van der Waals surface area contributed by atoms with Crippen molar-refractivity contribution in [3.8, 4) is 0 Å². The number of carbonyl (C=O) groups is 1. The number of methoxy groups -OCH3 is 3. The molecule has 0 aromatic rings. The summed E-state index contributed by atoms with van der Waals surface area (Å²) in [6.07, 6.45) is -1.30. The monoisotopic (exact) mass is 214 g/mol. The van der Waals surface area contributed by atoms with Crippen LogP contribution < -0.4 is 0 Å². The summed E-state index contributed by atoms with van der Waals surface area (Å²) in [5.41, 5.74) is 0. The van der Waals surface area contributed by atoms with Crippen LogP contribution in [0.1, 0.15) is 6.42 Å². The summed E-state index contributed by atoms with van der Waals surface area (Å²) in [5.74, 6) is -1.16. The first-order valence-corrected chi connectivity index (χ1v) is 3.87. The fraction of sp³-hybridized carbons (Fsp3) is 0.857. The Bertz CT molecular complexity index is 170. The first kappa shape index (κ1) is 12.6. The third kappa shape index (κ3) is 3.89. The molecule has 1 atom stereocenters. The van der Waals surface area contributed by atoms with Gasteiger partial charge in [0.25, 0.3) is 5.13 Å². The lowest BCUT2D eigenvalue weighted by Gasteiger charge is -2.20. The molecule has 0 saturated heterocycles. The van der Waals surface area contributed by atoms with Crippen LogP contribution in [0.3, 0.4) is 0 Å². The van der Waals surface area contributed by atoms with Crippen molar-refractivity contribution in [3.63, 3.8) is 0 Å². The maximum absolute atomic E-state index is 13.2. The molecule has 0 N–H and O–H groups in total. The Kier molecular flexibility index (Phi) is 5.20. The Hall–Kier alpha value is -0.390. The van der Waals surface area contributed by atoms with Gasteiger partial charge in [0, 0.05) is 14.2 Å². The number of rotatable bonds is 5. The minimum absolute atomic E-state index is 0.422. The summed E-state index contributed by atoms with van der Waals surface area (Å²) in [6, 6.07) is 0. The predicted octanol–water partition coefficient (Wildman–Crippen LogP) is 1.07. The van der Waals surface area contributed by atoms with Gasteiger partial charge in [-0.2, -0.15) is 0 Å². The highest BCUT2D eigenvalue weighted by molar-refractivity contribution is 6.32. The van der Waals surface area contributed by atoms with Crippen LogP contribution in [0, 0.1) is 0 Å². The number of hydrogen-bond acceptors (Lipinski definition) is 4. The maximum atomic E-state index is 13.2. The summed E-state index contributed by atoms with van der Waals surface area (Å²) in [7, 11) is 3.69. The van der Waals surface area contributed by atoms with Crippen molar-refractivity contribution < 1.29 is 23.4 Å². The Labute approximate surface area is 80.9 Å². The van der Waals surface area contributed by atoms with Crippen molar-refractivity contribution in [2.45, 2.75) is 17.8 Å². The van der Waals surface area contributed by atoms with Crippen LogP contribution in [0.2, 0.25) is 0 Å². The molecule has 0 aliphatic carbocycles. The summed E-state index contributed by atoms with van der Waals surface area (Å²) in [6.45, 7) is 0.